The van der Waals surface area contributed by atoms with Gasteiger partial charge < -0.3 is 4.90 Å². The van der Waals surface area contributed by atoms with Gasteiger partial charge >= 0.3 is 0 Å². The molecule has 142 valence electrons. The van der Waals surface area contributed by atoms with Crippen molar-refractivity contribution in [3.63, 3.8) is 0 Å². The van der Waals surface area contributed by atoms with Crippen LogP contribution in [0.15, 0.2) is 41.8 Å². The lowest BCUT2D eigenvalue weighted by atomic mass is 10.2. The summed E-state index contributed by atoms with van der Waals surface area (Å²) in [5.74, 6) is -0.180. The van der Waals surface area contributed by atoms with Crippen LogP contribution >= 0.6 is 11.3 Å². The Morgan fingerprint density at radius 2 is 1.81 bits per heavy atom. The fourth-order valence-electron chi connectivity index (χ4n) is 2.64. The highest BCUT2D eigenvalue weighted by Gasteiger charge is 2.23. The fourth-order valence-corrected chi connectivity index (χ4v) is 4.42. The summed E-state index contributed by atoms with van der Waals surface area (Å²) in [5, 5.41) is 2.01. The lowest BCUT2D eigenvalue weighted by Gasteiger charge is -2.26. The number of amides is 1. The van der Waals surface area contributed by atoms with Gasteiger partial charge in [0.25, 0.3) is 0 Å². The molecule has 0 spiro atoms. The Balaban J connectivity index is 2.21. The van der Waals surface area contributed by atoms with Crippen molar-refractivity contribution >= 4 is 27.3 Å². The van der Waals surface area contributed by atoms with E-state index in [4.69, 9.17) is 0 Å². The molecule has 0 aliphatic heterocycles. The van der Waals surface area contributed by atoms with E-state index < -0.39 is 10.0 Å². The molecule has 0 fully saturated rings. The number of thiophene rings is 1. The van der Waals surface area contributed by atoms with Crippen molar-refractivity contribution in [2.24, 2.45) is 0 Å². The molecule has 0 unspecified atom stereocenters. The summed E-state index contributed by atoms with van der Waals surface area (Å²) >= 11 is 1.61. The molecule has 1 aromatic heterocycles. The number of aryl methyl sites for hydroxylation is 1. The first-order chi connectivity index (χ1) is 12.3. The van der Waals surface area contributed by atoms with E-state index in [-0.39, 0.29) is 12.5 Å². The summed E-state index contributed by atoms with van der Waals surface area (Å²) in [7, 11) is -3.41. The number of benzene rings is 1. The second-order valence-electron chi connectivity index (χ2n) is 6.36. The maximum Gasteiger partial charge on any atom is 0.238 e. The molecule has 26 heavy (non-hydrogen) atoms. The van der Waals surface area contributed by atoms with Gasteiger partial charge in [-0.1, -0.05) is 37.3 Å². The third-order valence-electron chi connectivity index (χ3n) is 4.13. The van der Waals surface area contributed by atoms with E-state index in [9.17, 15) is 13.2 Å². The molecule has 1 heterocycles. The third-order valence-corrected chi connectivity index (χ3v) is 6.38. The molecule has 5 nitrogen and oxygen atoms in total. The topological polar surface area (TPSA) is 57.7 Å². The van der Waals surface area contributed by atoms with Gasteiger partial charge in [-0.15, -0.1) is 11.3 Å². The van der Waals surface area contributed by atoms with Gasteiger partial charge in [-0.05, 0) is 35.9 Å². The molecule has 0 saturated carbocycles. The second kappa shape index (κ2) is 9.30. The van der Waals surface area contributed by atoms with Crippen LogP contribution in [-0.4, -0.2) is 42.9 Å². The predicted octanol–water partition coefficient (Wildman–Crippen LogP) is 3.26. The number of hydrogen-bond donors (Lipinski definition) is 0. The van der Waals surface area contributed by atoms with E-state index in [2.05, 4.69) is 0 Å². The molecular weight excluding hydrogens is 368 g/mol. The molecule has 0 radical (unpaired) electrons. The van der Waals surface area contributed by atoms with Crippen LogP contribution in [0.1, 0.15) is 29.3 Å². The van der Waals surface area contributed by atoms with Gasteiger partial charge in [0.2, 0.25) is 15.9 Å². The van der Waals surface area contributed by atoms with Crippen LogP contribution in [-0.2, 0) is 27.9 Å². The quantitative estimate of drug-likeness (QED) is 0.656. The lowest BCUT2D eigenvalue weighted by molar-refractivity contribution is -0.132. The van der Waals surface area contributed by atoms with Crippen LogP contribution in [0.5, 0.6) is 0 Å². The molecule has 2 aromatic rings. The highest BCUT2D eigenvalue weighted by molar-refractivity contribution is 7.88. The third kappa shape index (κ3) is 5.93. The zero-order valence-electron chi connectivity index (χ0n) is 15.5. The van der Waals surface area contributed by atoms with Gasteiger partial charge in [0.1, 0.15) is 0 Å². The molecular formula is C19H26N2O3S2. The Morgan fingerprint density at radius 1 is 1.12 bits per heavy atom. The van der Waals surface area contributed by atoms with E-state index in [1.165, 1.54) is 4.31 Å². The zero-order chi connectivity index (χ0) is 19.2. The summed E-state index contributed by atoms with van der Waals surface area (Å²) in [6, 6.07) is 11.8. The van der Waals surface area contributed by atoms with E-state index in [1.807, 2.05) is 55.6 Å². The summed E-state index contributed by atoms with van der Waals surface area (Å²) in [6.45, 7) is 5.10. The first kappa shape index (κ1) is 20.6. The first-order valence-corrected chi connectivity index (χ1v) is 11.3. The van der Waals surface area contributed by atoms with Crippen molar-refractivity contribution in [1.82, 2.24) is 9.21 Å². The van der Waals surface area contributed by atoms with Crippen LogP contribution < -0.4 is 0 Å². The van der Waals surface area contributed by atoms with Gasteiger partial charge in [0.05, 0.1) is 19.3 Å². The number of nitrogens with zero attached hydrogens (tertiary/aromatic N) is 2. The maximum absolute atomic E-state index is 12.9. The Bertz CT molecular complexity index is 816. The van der Waals surface area contributed by atoms with Crippen molar-refractivity contribution in [3.05, 3.63) is 57.8 Å². The molecule has 0 bridgehead atoms. The van der Waals surface area contributed by atoms with Gasteiger partial charge in [-0.2, -0.15) is 4.31 Å². The van der Waals surface area contributed by atoms with Crippen LogP contribution in [0.25, 0.3) is 0 Å². The van der Waals surface area contributed by atoms with E-state index >= 15 is 0 Å². The molecule has 0 aliphatic carbocycles. The maximum atomic E-state index is 12.9. The van der Waals surface area contributed by atoms with Crippen LogP contribution in [0, 0.1) is 6.92 Å². The second-order valence-corrected chi connectivity index (χ2v) is 9.34. The SMILES string of the molecule is CCCN(CC(=O)N(Cc1ccccc1)Cc1sccc1C)S(C)(=O)=O. The zero-order valence-corrected chi connectivity index (χ0v) is 17.1. The number of carbonyl (C=O) groups is 1. The summed E-state index contributed by atoms with van der Waals surface area (Å²) in [4.78, 5) is 15.8. The lowest BCUT2D eigenvalue weighted by Crippen LogP contribution is -2.42. The van der Waals surface area contributed by atoms with Crippen molar-refractivity contribution in [1.29, 1.82) is 0 Å². The van der Waals surface area contributed by atoms with Crippen molar-refractivity contribution in [2.75, 3.05) is 19.3 Å². The van der Waals surface area contributed by atoms with Crippen molar-refractivity contribution in [3.8, 4) is 0 Å². The van der Waals surface area contributed by atoms with Crippen molar-refractivity contribution in [2.45, 2.75) is 33.4 Å². The number of rotatable bonds is 9. The fraction of sp³-hybridized carbons (Fsp3) is 0.421. The van der Waals surface area contributed by atoms with Gasteiger partial charge in [-0.25, -0.2) is 8.42 Å². The first-order valence-electron chi connectivity index (χ1n) is 8.61. The standard InChI is InChI=1S/C19H26N2O3S2/c1-4-11-21(26(3,23)24)15-19(22)20(13-17-8-6-5-7-9-17)14-18-16(2)10-12-25-18/h5-10,12H,4,11,13-15H2,1-3H3. The monoisotopic (exact) mass is 394 g/mol. The summed E-state index contributed by atoms with van der Waals surface area (Å²) in [6.07, 6.45) is 1.82. The highest BCUT2D eigenvalue weighted by Crippen LogP contribution is 2.20. The van der Waals surface area contributed by atoms with E-state index in [0.29, 0.717) is 26.1 Å². The van der Waals surface area contributed by atoms with Gasteiger partial charge in [-0.3, -0.25) is 4.79 Å². The average molecular weight is 395 g/mol. The van der Waals surface area contributed by atoms with Gasteiger partial charge in [0, 0.05) is 18.0 Å². The molecule has 1 aromatic carbocycles. The number of carbonyl (C=O) groups excluding carboxylic acids is 1. The minimum atomic E-state index is -3.41. The Morgan fingerprint density at radius 3 is 2.35 bits per heavy atom. The number of hydrogen-bond acceptors (Lipinski definition) is 4. The minimum absolute atomic E-state index is 0.121. The average Bonchev–Trinajstić information content (AvgIpc) is 2.99. The Kier molecular flexibility index (Phi) is 7.37. The molecule has 2 rings (SSSR count). The van der Waals surface area contributed by atoms with Crippen LogP contribution in [0.4, 0.5) is 0 Å². The van der Waals surface area contributed by atoms with Crippen LogP contribution in [0.2, 0.25) is 0 Å². The van der Waals surface area contributed by atoms with E-state index in [0.717, 1.165) is 22.3 Å². The predicted molar refractivity (Wildman–Crippen MR) is 106 cm³/mol. The summed E-state index contributed by atoms with van der Waals surface area (Å²) in [5.41, 5.74) is 2.17. The molecule has 1 amide bonds. The minimum Gasteiger partial charge on any atom is -0.332 e. The molecule has 0 atom stereocenters. The highest BCUT2D eigenvalue weighted by atomic mass is 32.2. The molecule has 0 saturated heterocycles. The van der Waals surface area contributed by atoms with Crippen LogP contribution in [0.3, 0.4) is 0 Å². The molecule has 0 aliphatic rings. The smallest absolute Gasteiger partial charge is 0.238 e. The Labute approximate surface area is 160 Å². The van der Waals surface area contributed by atoms with Crippen molar-refractivity contribution < 1.29 is 13.2 Å². The Hall–Kier alpha value is -1.70. The normalized spacial score (nSPS) is 11.7. The summed E-state index contributed by atoms with van der Waals surface area (Å²) < 4.78 is 25.2. The molecule has 7 heteroatoms. The largest absolute Gasteiger partial charge is 0.332 e. The molecule has 0 N–H and O–H groups in total. The van der Waals surface area contributed by atoms with E-state index in [1.54, 1.807) is 16.2 Å². The van der Waals surface area contributed by atoms with Gasteiger partial charge in [0.15, 0.2) is 0 Å². The number of sulfonamides is 1.